The van der Waals surface area contributed by atoms with Gasteiger partial charge < -0.3 is 20.2 Å². The summed E-state index contributed by atoms with van der Waals surface area (Å²) < 4.78 is 26.7. The van der Waals surface area contributed by atoms with Crippen LogP contribution >= 0.6 is 0 Å². The van der Waals surface area contributed by atoms with Crippen molar-refractivity contribution in [2.75, 3.05) is 42.9 Å². The first-order valence-electron chi connectivity index (χ1n) is 8.14. The Morgan fingerprint density at radius 1 is 1.16 bits per heavy atom. The topological polar surface area (TPSA) is 57.0 Å². The smallest absolute Gasteiger partial charge is 0.279 e. The van der Waals surface area contributed by atoms with Crippen molar-refractivity contribution < 1.29 is 23.6 Å². The molecule has 0 aliphatic carbocycles. The molecule has 0 saturated carbocycles. The summed E-state index contributed by atoms with van der Waals surface area (Å²) in [5.41, 5.74) is 0.644. The van der Waals surface area contributed by atoms with E-state index >= 15 is 0 Å². The second-order valence-corrected chi connectivity index (χ2v) is 6.07. The molecule has 2 aromatic rings. The van der Waals surface area contributed by atoms with Gasteiger partial charge in [0.05, 0.1) is 37.6 Å². The van der Waals surface area contributed by atoms with Crippen LogP contribution in [0.3, 0.4) is 0 Å². The average molecular weight is 348 g/mol. The number of aromatic hydroxyl groups is 1. The van der Waals surface area contributed by atoms with Gasteiger partial charge >= 0.3 is 0 Å². The van der Waals surface area contributed by atoms with Gasteiger partial charge in [0.25, 0.3) is 5.91 Å². The fourth-order valence-corrected chi connectivity index (χ4v) is 2.99. The van der Waals surface area contributed by atoms with Gasteiger partial charge in [-0.25, -0.2) is 8.78 Å². The molecule has 1 saturated heterocycles. The van der Waals surface area contributed by atoms with Gasteiger partial charge in [-0.1, -0.05) is 12.1 Å². The first-order chi connectivity index (χ1) is 12.0. The summed E-state index contributed by atoms with van der Waals surface area (Å²) in [4.78, 5) is 15.2. The van der Waals surface area contributed by atoms with Crippen molar-refractivity contribution >= 4 is 17.3 Å². The fraction of sp³-hybridized carbons (Fsp3) is 0.278. The Bertz CT molecular complexity index is 762. The molecule has 0 radical (unpaired) electrons. The molecule has 1 aliphatic heterocycles. The zero-order valence-electron chi connectivity index (χ0n) is 13.6. The fourth-order valence-electron chi connectivity index (χ4n) is 2.99. The summed E-state index contributed by atoms with van der Waals surface area (Å²) in [5.74, 6) is -1.37. The molecule has 1 heterocycles. The minimum Gasteiger partial charge on any atom is -0.506 e. The second-order valence-electron chi connectivity index (χ2n) is 6.07. The number of benzene rings is 2. The molecule has 5 nitrogen and oxygen atoms in total. The molecule has 0 aromatic heterocycles. The maximum atomic E-state index is 13.6. The van der Waals surface area contributed by atoms with Crippen LogP contribution in [0.5, 0.6) is 5.75 Å². The molecule has 2 aromatic carbocycles. The number of hydrogen-bond acceptors (Lipinski definition) is 3. The SMILES string of the molecule is O=C(C[NH+]1CCN(c2ccccc2O)CC1)Nc1cc(F)ccc1F. The summed E-state index contributed by atoms with van der Waals surface area (Å²) in [6, 6.07) is 10.1. The predicted octanol–water partition coefficient (Wildman–Crippen LogP) is 1.01. The third-order valence-electron chi connectivity index (χ3n) is 4.31. The number of carbonyl (C=O) groups excluding carboxylic acids is 1. The normalized spacial score (nSPS) is 15.2. The van der Waals surface area contributed by atoms with E-state index in [1.54, 1.807) is 12.1 Å². The number of halogens is 2. The van der Waals surface area contributed by atoms with Crippen molar-refractivity contribution in [3.05, 3.63) is 54.1 Å². The number of phenols is 1. The van der Waals surface area contributed by atoms with Crippen LogP contribution in [0.4, 0.5) is 20.2 Å². The number of piperazine rings is 1. The third-order valence-corrected chi connectivity index (χ3v) is 4.31. The number of hydrogen-bond donors (Lipinski definition) is 3. The number of nitrogens with zero attached hydrogens (tertiary/aromatic N) is 1. The van der Waals surface area contributed by atoms with E-state index in [0.717, 1.165) is 28.8 Å². The van der Waals surface area contributed by atoms with Crippen molar-refractivity contribution in [2.24, 2.45) is 0 Å². The van der Waals surface area contributed by atoms with E-state index in [-0.39, 0.29) is 23.9 Å². The average Bonchev–Trinajstić information content (AvgIpc) is 2.59. The Labute approximate surface area is 144 Å². The van der Waals surface area contributed by atoms with E-state index in [2.05, 4.69) is 10.2 Å². The lowest BCUT2D eigenvalue weighted by atomic mass is 10.2. The van der Waals surface area contributed by atoms with Crippen LogP contribution in [0.25, 0.3) is 0 Å². The number of nitrogens with one attached hydrogen (secondary N) is 2. The largest absolute Gasteiger partial charge is 0.506 e. The first kappa shape index (κ1) is 17.2. The number of phenolic OH excluding ortho intramolecular Hbond substituents is 1. The van der Waals surface area contributed by atoms with Gasteiger partial charge in [-0.2, -0.15) is 0 Å². The van der Waals surface area contributed by atoms with E-state index in [1.807, 2.05) is 12.1 Å². The van der Waals surface area contributed by atoms with Crippen LogP contribution in [-0.4, -0.2) is 43.7 Å². The second kappa shape index (κ2) is 7.48. The molecule has 0 atom stereocenters. The first-order valence-corrected chi connectivity index (χ1v) is 8.14. The van der Waals surface area contributed by atoms with Crippen LogP contribution in [0.15, 0.2) is 42.5 Å². The van der Waals surface area contributed by atoms with Crippen LogP contribution in [0, 0.1) is 11.6 Å². The maximum absolute atomic E-state index is 13.6. The van der Waals surface area contributed by atoms with E-state index in [1.165, 1.54) is 0 Å². The van der Waals surface area contributed by atoms with Gasteiger partial charge in [0, 0.05) is 6.07 Å². The minimum atomic E-state index is -0.658. The van der Waals surface area contributed by atoms with E-state index in [0.29, 0.717) is 26.2 Å². The highest BCUT2D eigenvalue weighted by Gasteiger charge is 2.24. The van der Waals surface area contributed by atoms with Crippen molar-refractivity contribution in [2.45, 2.75) is 0 Å². The van der Waals surface area contributed by atoms with Crippen LogP contribution < -0.4 is 15.1 Å². The van der Waals surface area contributed by atoms with Crippen LogP contribution in [0.1, 0.15) is 0 Å². The quantitative estimate of drug-likeness (QED) is 0.773. The molecule has 0 spiro atoms. The summed E-state index contributed by atoms with van der Waals surface area (Å²) >= 11 is 0. The van der Waals surface area contributed by atoms with Crippen molar-refractivity contribution in [3.8, 4) is 5.75 Å². The lowest BCUT2D eigenvalue weighted by Crippen LogP contribution is -3.15. The lowest BCUT2D eigenvalue weighted by molar-refractivity contribution is -0.892. The number of rotatable bonds is 4. The Morgan fingerprint density at radius 2 is 1.88 bits per heavy atom. The van der Waals surface area contributed by atoms with Gasteiger partial charge in [-0.05, 0) is 24.3 Å². The molecule has 132 valence electrons. The summed E-state index contributed by atoms with van der Waals surface area (Å²) in [5, 5.41) is 12.3. The molecular weight excluding hydrogens is 328 g/mol. The molecule has 0 unspecified atom stereocenters. The Kier molecular flexibility index (Phi) is 5.14. The van der Waals surface area contributed by atoms with Crippen molar-refractivity contribution in [1.82, 2.24) is 0 Å². The summed E-state index contributed by atoms with van der Waals surface area (Å²) in [6.45, 7) is 3.02. The van der Waals surface area contributed by atoms with E-state index < -0.39 is 11.6 Å². The maximum Gasteiger partial charge on any atom is 0.279 e. The number of amides is 1. The number of carbonyl (C=O) groups is 1. The highest BCUT2D eigenvalue weighted by Crippen LogP contribution is 2.25. The van der Waals surface area contributed by atoms with E-state index in [9.17, 15) is 18.7 Å². The lowest BCUT2D eigenvalue weighted by Gasteiger charge is -2.33. The van der Waals surface area contributed by atoms with Gasteiger partial charge in [0.1, 0.15) is 17.4 Å². The monoisotopic (exact) mass is 348 g/mol. The van der Waals surface area contributed by atoms with Gasteiger partial charge in [0.2, 0.25) is 0 Å². The molecule has 0 bridgehead atoms. The molecule has 1 amide bonds. The Balaban J connectivity index is 1.53. The highest BCUT2D eigenvalue weighted by atomic mass is 19.1. The summed E-state index contributed by atoms with van der Waals surface area (Å²) in [7, 11) is 0. The number of para-hydroxylation sites is 2. The molecule has 1 fully saturated rings. The predicted molar refractivity (Wildman–Crippen MR) is 90.9 cm³/mol. The molecule has 25 heavy (non-hydrogen) atoms. The zero-order chi connectivity index (χ0) is 17.8. The van der Waals surface area contributed by atoms with Gasteiger partial charge in [-0.3, -0.25) is 4.79 Å². The van der Waals surface area contributed by atoms with Crippen molar-refractivity contribution in [3.63, 3.8) is 0 Å². The number of quaternary nitrogens is 1. The van der Waals surface area contributed by atoms with Gasteiger partial charge in [-0.15, -0.1) is 0 Å². The molecule has 3 rings (SSSR count). The summed E-state index contributed by atoms with van der Waals surface area (Å²) in [6.07, 6.45) is 0. The van der Waals surface area contributed by atoms with Crippen molar-refractivity contribution in [1.29, 1.82) is 0 Å². The molecular formula is C18H20F2N3O2+. The third kappa shape index (κ3) is 4.24. The standard InChI is InChI=1S/C18H19F2N3O2/c19-13-5-6-14(20)15(11-13)21-18(25)12-22-7-9-23(10-8-22)16-3-1-2-4-17(16)24/h1-6,11,24H,7-10,12H2,(H,21,25)/p+1. The van der Waals surface area contributed by atoms with Crippen LogP contribution in [-0.2, 0) is 4.79 Å². The Hall–Kier alpha value is -2.67. The number of anilines is 2. The van der Waals surface area contributed by atoms with E-state index in [4.69, 9.17) is 0 Å². The van der Waals surface area contributed by atoms with Gasteiger partial charge in [0.15, 0.2) is 6.54 Å². The molecule has 7 heteroatoms. The minimum absolute atomic E-state index is 0.141. The van der Waals surface area contributed by atoms with Crippen LogP contribution in [0.2, 0.25) is 0 Å². The molecule has 3 N–H and O–H groups in total. The zero-order valence-corrected chi connectivity index (χ0v) is 13.6. The highest BCUT2D eigenvalue weighted by molar-refractivity contribution is 5.91. The Morgan fingerprint density at radius 3 is 2.60 bits per heavy atom. The molecule has 1 aliphatic rings.